The molecule has 0 aromatic heterocycles. The van der Waals surface area contributed by atoms with Crippen LogP contribution in [0.25, 0.3) is 0 Å². The molecule has 2 N–H and O–H groups in total. The third-order valence-corrected chi connectivity index (χ3v) is 3.12. The number of aliphatic carboxylic acids is 1. The molecule has 0 aromatic rings. The summed E-state index contributed by atoms with van der Waals surface area (Å²) in [4.78, 5) is 34.9. The molecule has 0 atom stereocenters. The molecule has 0 saturated carbocycles. The number of hydrogen-bond acceptors (Lipinski definition) is 3. The largest absolute Gasteiger partial charge is 0.481 e. The van der Waals surface area contributed by atoms with Crippen molar-refractivity contribution in [1.82, 2.24) is 10.2 Å². The molecular weight excluding hydrogens is 236 g/mol. The van der Waals surface area contributed by atoms with Gasteiger partial charge in [-0.1, -0.05) is 6.92 Å². The number of hydrogen-bond donors (Lipinski definition) is 2. The van der Waals surface area contributed by atoms with E-state index < -0.39 is 17.9 Å². The Morgan fingerprint density at radius 2 is 1.78 bits per heavy atom. The van der Waals surface area contributed by atoms with E-state index >= 15 is 0 Å². The fourth-order valence-corrected chi connectivity index (χ4v) is 1.18. The Morgan fingerprint density at radius 1 is 1.22 bits per heavy atom. The van der Waals surface area contributed by atoms with Gasteiger partial charge in [0.05, 0.1) is 0 Å². The fraction of sp³-hybridized carbons (Fsp3) is 0.750. The third kappa shape index (κ3) is 5.65. The van der Waals surface area contributed by atoms with Crippen LogP contribution in [0.4, 0.5) is 4.79 Å². The highest BCUT2D eigenvalue weighted by Crippen LogP contribution is 2.16. The summed E-state index contributed by atoms with van der Waals surface area (Å²) in [7, 11) is 1.63. The lowest BCUT2D eigenvalue weighted by molar-refractivity contribution is -0.137. The second-order valence-electron chi connectivity index (χ2n) is 4.83. The van der Waals surface area contributed by atoms with E-state index in [1.54, 1.807) is 7.05 Å². The number of amides is 3. The molecule has 0 aliphatic carbocycles. The van der Waals surface area contributed by atoms with Crippen molar-refractivity contribution in [3.63, 3.8) is 0 Å². The summed E-state index contributed by atoms with van der Waals surface area (Å²) >= 11 is 0. The number of carboxylic acids is 1. The van der Waals surface area contributed by atoms with Crippen LogP contribution in [0.15, 0.2) is 0 Å². The topological polar surface area (TPSA) is 86.7 Å². The molecule has 0 unspecified atom stereocenters. The molecule has 0 aromatic carbocycles. The fourth-order valence-electron chi connectivity index (χ4n) is 1.18. The number of nitrogens with zero attached hydrogens (tertiary/aromatic N) is 1. The van der Waals surface area contributed by atoms with Crippen molar-refractivity contribution < 1.29 is 19.5 Å². The summed E-state index contributed by atoms with van der Waals surface area (Å²) in [5.41, 5.74) is -0.328. The standard InChI is InChI=1S/C12H22N2O4/c1-5-12(2,3)14(4)11(18)13-9(15)7-6-8-10(16)17/h5-8H2,1-4H3,(H,16,17)(H,13,15,18). The van der Waals surface area contributed by atoms with Crippen LogP contribution in [-0.4, -0.2) is 40.5 Å². The van der Waals surface area contributed by atoms with Gasteiger partial charge in [0, 0.05) is 25.4 Å². The van der Waals surface area contributed by atoms with Crippen molar-refractivity contribution in [3.8, 4) is 0 Å². The van der Waals surface area contributed by atoms with Gasteiger partial charge in [0.25, 0.3) is 0 Å². The van der Waals surface area contributed by atoms with Crippen molar-refractivity contribution in [2.75, 3.05) is 7.05 Å². The van der Waals surface area contributed by atoms with Gasteiger partial charge >= 0.3 is 12.0 Å². The summed E-state index contributed by atoms with van der Waals surface area (Å²) in [5.74, 6) is -1.39. The molecule has 0 aliphatic rings. The van der Waals surface area contributed by atoms with E-state index in [-0.39, 0.29) is 24.8 Å². The second kappa shape index (κ2) is 6.98. The summed E-state index contributed by atoms with van der Waals surface area (Å²) in [6.45, 7) is 5.77. The van der Waals surface area contributed by atoms with Gasteiger partial charge in [-0.2, -0.15) is 0 Å². The molecule has 104 valence electrons. The molecule has 0 saturated heterocycles. The van der Waals surface area contributed by atoms with Crippen LogP contribution >= 0.6 is 0 Å². The molecule has 0 heterocycles. The first-order chi connectivity index (χ1) is 8.20. The van der Waals surface area contributed by atoms with Gasteiger partial charge in [-0.3, -0.25) is 14.9 Å². The number of carbonyl (C=O) groups excluding carboxylic acids is 2. The average Bonchev–Trinajstić information content (AvgIpc) is 2.27. The molecule has 6 heteroatoms. The van der Waals surface area contributed by atoms with Crippen LogP contribution in [0.1, 0.15) is 46.5 Å². The SMILES string of the molecule is CCC(C)(C)N(C)C(=O)NC(=O)CCCC(=O)O. The van der Waals surface area contributed by atoms with Gasteiger partial charge in [0.2, 0.25) is 5.91 Å². The number of urea groups is 1. The maximum atomic E-state index is 11.7. The highest BCUT2D eigenvalue weighted by molar-refractivity contribution is 5.94. The van der Waals surface area contributed by atoms with Gasteiger partial charge in [0.1, 0.15) is 0 Å². The maximum absolute atomic E-state index is 11.7. The Balaban J connectivity index is 4.15. The highest BCUT2D eigenvalue weighted by atomic mass is 16.4. The minimum Gasteiger partial charge on any atom is -0.481 e. The molecular formula is C12H22N2O4. The number of nitrogens with one attached hydrogen (secondary N) is 1. The molecule has 0 aliphatic heterocycles. The van der Waals surface area contributed by atoms with Crippen molar-refractivity contribution in [2.45, 2.75) is 52.0 Å². The normalized spacial score (nSPS) is 10.9. The molecule has 0 radical (unpaired) electrons. The third-order valence-electron chi connectivity index (χ3n) is 3.12. The van der Waals surface area contributed by atoms with Crippen molar-refractivity contribution in [3.05, 3.63) is 0 Å². The Hall–Kier alpha value is -1.59. The van der Waals surface area contributed by atoms with Crippen LogP contribution in [0.5, 0.6) is 0 Å². The molecule has 18 heavy (non-hydrogen) atoms. The monoisotopic (exact) mass is 258 g/mol. The van der Waals surface area contributed by atoms with E-state index in [2.05, 4.69) is 5.32 Å². The van der Waals surface area contributed by atoms with Crippen molar-refractivity contribution in [1.29, 1.82) is 0 Å². The summed E-state index contributed by atoms with van der Waals surface area (Å²) < 4.78 is 0. The van der Waals surface area contributed by atoms with Crippen molar-refractivity contribution >= 4 is 17.9 Å². The zero-order valence-electron chi connectivity index (χ0n) is 11.4. The average molecular weight is 258 g/mol. The van der Waals surface area contributed by atoms with Crippen LogP contribution in [0.3, 0.4) is 0 Å². The van der Waals surface area contributed by atoms with E-state index in [4.69, 9.17) is 5.11 Å². The number of rotatable bonds is 6. The minimum atomic E-state index is -0.946. The smallest absolute Gasteiger partial charge is 0.324 e. The van der Waals surface area contributed by atoms with Gasteiger partial charge in [0.15, 0.2) is 0 Å². The Morgan fingerprint density at radius 3 is 2.22 bits per heavy atom. The molecule has 3 amide bonds. The summed E-state index contributed by atoms with van der Waals surface area (Å²) in [5, 5.41) is 10.7. The van der Waals surface area contributed by atoms with E-state index in [1.807, 2.05) is 20.8 Å². The number of carbonyl (C=O) groups is 3. The highest BCUT2D eigenvalue weighted by Gasteiger charge is 2.26. The lowest BCUT2D eigenvalue weighted by Gasteiger charge is -2.34. The van der Waals surface area contributed by atoms with Crippen LogP contribution < -0.4 is 5.32 Å². The quantitative estimate of drug-likeness (QED) is 0.757. The van der Waals surface area contributed by atoms with Gasteiger partial charge in [-0.25, -0.2) is 4.79 Å². The first-order valence-corrected chi connectivity index (χ1v) is 6.00. The Kier molecular flexibility index (Phi) is 6.36. The molecule has 0 fully saturated rings. The maximum Gasteiger partial charge on any atom is 0.324 e. The van der Waals surface area contributed by atoms with Crippen LogP contribution in [0.2, 0.25) is 0 Å². The molecule has 0 spiro atoms. The van der Waals surface area contributed by atoms with Crippen LogP contribution in [-0.2, 0) is 9.59 Å². The summed E-state index contributed by atoms with van der Waals surface area (Å²) in [6, 6.07) is -0.456. The van der Waals surface area contributed by atoms with Gasteiger partial charge in [-0.15, -0.1) is 0 Å². The van der Waals surface area contributed by atoms with Crippen molar-refractivity contribution in [2.24, 2.45) is 0 Å². The number of carboxylic acid groups (broad SMARTS) is 1. The minimum absolute atomic E-state index is 0.0401. The molecule has 0 rings (SSSR count). The molecule has 0 bridgehead atoms. The first kappa shape index (κ1) is 16.4. The summed E-state index contributed by atoms with van der Waals surface area (Å²) in [6.07, 6.45) is 0.968. The first-order valence-electron chi connectivity index (χ1n) is 6.00. The predicted octanol–water partition coefficient (Wildman–Crippen LogP) is 1.60. The van der Waals surface area contributed by atoms with Crippen LogP contribution in [0, 0.1) is 0 Å². The predicted molar refractivity (Wildman–Crippen MR) is 67.2 cm³/mol. The van der Waals surface area contributed by atoms with E-state index in [0.29, 0.717) is 0 Å². The number of imide groups is 1. The Labute approximate surface area is 107 Å². The lowest BCUT2D eigenvalue weighted by Crippen LogP contribution is -2.50. The van der Waals surface area contributed by atoms with E-state index in [9.17, 15) is 14.4 Å². The lowest BCUT2D eigenvalue weighted by atomic mass is 10.0. The second-order valence-corrected chi connectivity index (χ2v) is 4.83. The zero-order chi connectivity index (χ0) is 14.3. The zero-order valence-corrected chi connectivity index (χ0v) is 11.4. The van der Waals surface area contributed by atoms with Gasteiger partial charge < -0.3 is 10.0 Å². The van der Waals surface area contributed by atoms with E-state index in [0.717, 1.165) is 6.42 Å². The van der Waals surface area contributed by atoms with E-state index in [1.165, 1.54) is 4.90 Å². The van der Waals surface area contributed by atoms with Gasteiger partial charge in [-0.05, 0) is 26.7 Å². The Bertz CT molecular complexity index is 326. The molecule has 6 nitrogen and oxygen atoms in total.